The van der Waals surface area contributed by atoms with Crippen LogP contribution < -0.4 is 16.4 Å². The first-order valence-electron chi connectivity index (χ1n) is 5.44. The number of primary amides is 1. The van der Waals surface area contributed by atoms with E-state index in [4.69, 9.17) is 5.73 Å². The van der Waals surface area contributed by atoms with Gasteiger partial charge in [0.1, 0.15) is 5.82 Å². The van der Waals surface area contributed by atoms with Crippen molar-refractivity contribution in [2.24, 2.45) is 5.73 Å². The summed E-state index contributed by atoms with van der Waals surface area (Å²) >= 11 is 0. The third-order valence-corrected chi connectivity index (χ3v) is 2.02. The Kier molecular flexibility index (Phi) is 5.11. The van der Waals surface area contributed by atoms with Gasteiger partial charge in [-0.1, -0.05) is 6.92 Å². The van der Waals surface area contributed by atoms with Crippen LogP contribution in [0.4, 0.5) is 11.5 Å². The number of nitrogens with zero attached hydrogens (tertiary/aromatic N) is 1. The van der Waals surface area contributed by atoms with E-state index in [9.17, 15) is 4.79 Å². The molecule has 1 heterocycles. The zero-order chi connectivity index (χ0) is 11.8. The van der Waals surface area contributed by atoms with Gasteiger partial charge in [0.05, 0.1) is 0 Å². The molecule has 0 aromatic carbocycles. The van der Waals surface area contributed by atoms with Crippen molar-refractivity contribution in [3.8, 4) is 0 Å². The second-order valence-corrected chi connectivity index (χ2v) is 3.50. The van der Waals surface area contributed by atoms with Crippen molar-refractivity contribution in [3.63, 3.8) is 0 Å². The van der Waals surface area contributed by atoms with Gasteiger partial charge >= 0.3 is 0 Å². The summed E-state index contributed by atoms with van der Waals surface area (Å²) in [6, 6.07) is 3.77. The van der Waals surface area contributed by atoms with E-state index in [0.717, 1.165) is 24.5 Å². The standard InChI is InChI=1S/C11H18N4O/c1-2-5-14-11-8-9(3-6-15-11)13-7-4-10(12)16/h3,6,8H,2,4-5,7H2,1H3,(H2,12,16)(H2,13,14,15). The topological polar surface area (TPSA) is 80.0 Å². The summed E-state index contributed by atoms with van der Waals surface area (Å²) in [6.07, 6.45) is 3.12. The molecule has 1 amide bonds. The van der Waals surface area contributed by atoms with Gasteiger partial charge in [0.2, 0.25) is 5.91 Å². The second kappa shape index (κ2) is 6.66. The van der Waals surface area contributed by atoms with E-state index in [-0.39, 0.29) is 5.91 Å². The van der Waals surface area contributed by atoms with E-state index in [0.29, 0.717) is 13.0 Å². The monoisotopic (exact) mass is 222 g/mol. The van der Waals surface area contributed by atoms with Crippen LogP contribution in [0.5, 0.6) is 0 Å². The molecule has 0 aliphatic rings. The summed E-state index contributed by atoms with van der Waals surface area (Å²) in [5.41, 5.74) is 5.99. The number of hydrogen-bond acceptors (Lipinski definition) is 4. The first-order valence-corrected chi connectivity index (χ1v) is 5.44. The average Bonchev–Trinajstić information content (AvgIpc) is 2.26. The predicted molar refractivity (Wildman–Crippen MR) is 65.3 cm³/mol. The second-order valence-electron chi connectivity index (χ2n) is 3.50. The quantitative estimate of drug-likeness (QED) is 0.647. The molecule has 0 fully saturated rings. The van der Waals surface area contributed by atoms with Crippen LogP contribution in [0.15, 0.2) is 18.3 Å². The molecule has 1 aromatic rings. The number of aromatic nitrogens is 1. The van der Waals surface area contributed by atoms with Crippen molar-refractivity contribution in [2.45, 2.75) is 19.8 Å². The van der Waals surface area contributed by atoms with Crippen LogP contribution >= 0.6 is 0 Å². The molecule has 5 heteroatoms. The third-order valence-electron chi connectivity index (χ3n) is 2.02. The van der Waals surface area contributed by atoms with Gasteiger partial charge in [-0.15, -0.1) is 0 Å². The number of pyridine rings is 1. The van der Waals surface area contributed by atoms with Gasteiger partial charge in [-0.25, -0.2) is 4.98 Å². The molecule has 4 N–H and O–H groups in total. The minimum absolute atomic E-state index is 0.300. The minimum atomic E-state index is -0.300. The molecule has 0 radical (unpaired) electrons. The van der Waals surface area contributed by atoms with Gasteiger partial charge in [-0.05, 0) is 12.5 Å². The first-order chi connectivity index (χ1) is 7.72. The normalized spacial score (nSPS) is 9.81. The number of anilines is 2. The molecule has 5 nitrogen and oxygen atoms in total. The number of rotatable bonds is 7. The fraction of sp³-hybridized carbons (Fsp3) is 0.455. The molecule has 0 saturated carbocycles. The highest BCUT2D eigenvalue weighted by Gasteiger charge is 1.97. The number of amides is 1. The van der Waals surface area contributed by atoms with Gasteiger partial charge in [0, 0.05) is 37.5 Å². The van der Waals surface area contributed by atoms with Crippen LogP contribution in [-0.4, -0.2) is 24.0 Å². The molecule has 16 heavy (non-hydrogen) atoms. The van der Waals surface area contributed by atoms with Crippen molar-refractivity contribution in [1.29, 1.82) is 0 Å². The zero-order valence-corrected chi connectivity index (χ0v) is 9.49. The molecule has 1 rings (SSSR count). The summed E-state index contributed by atoms with van der Waals surface area (Å²) in [7, 11) is 0. The number of hydrogen-bond donors (Lipinski definition) is 3. The average molecular weight is 222 g/mol. The summed E-state index contributed by atoms with van der Waals surface area (Å²) in [5.74, 6) is 0.539. The molecule has 0 saturated heterocycles. The molecular weight excluding hydrogens is 204 g/mol. The lowest BCUT2D eigenvalue weighted by Crippen LogP contribution is -2.15. The molecule has 1 aromatic heterocycles. The van der Waals surface area contributed by atoms with Gasteiger partial charge in [-0.2, -0.15) is 0 Å². The molecule has 0 unspecified atom stereocenters. The maximum absolute atomic E-state index is 10.6. The largest absolute Gasteiger partial charge is 0.384 e. The smallest absolute Gasteiger partial charge is 0.219 e. The van der Waals surface area contributed by atoms with Crippen LogP contribution in [0.25, 0.3) is 0 Å². The molecule has 0 aliphatic carbocycles. The van der Waals surface area contributed by atoms with Crippen LogP contribution in [-0.2, 0) is 4.79 Å². The van der Waals surface area contributed by atoms with Crippen molar-refractivity contribution < 1.29 is 4.79 Å². The highest BCUT2D eigenvalue weighted by Crippen LogP contribution is 2.11. The van der Waals surface area contributed by atoms with E-state index in [2.05, 4.69) is 22.5 Å². The Balaban J connectivity index is 2.43. The Bertz CT molecular complexity index is 341. The lowest BCUT2D eigenvalue weighted by molar-refractivity contribution is -0.117. The Morgan fingerprint density at radius 2 is 2.25 bits per heavy atom. The molecule has 0 bridgehead atoms. The van der Waals surface area contributed by atoms with Gasteiger partial charge in [-0.3, -0.25) is 4.79 Å². The Morgan fingerprint density at radius 3 is 2.94 bits per heavy atom. The Morgan fingerprint density at radius 1 is 1.44 bits per heavy atom. The van der Waals surface area contributed by atoms with E-state index in [1.165, 1.54) is 0 Å². The molecule has 88 valence electrons. The lowest BCUT2D eigenvalue weighted by atomic mass is 10.3. The van der Waals surface area contributed by atoms with Gasteiger partial charge < -0.3 is 16.4 Å². The van der Waals surface area contributed by atoms with Crippen molar-refractivity contribution in [3.05, 3.63) is 18.3 Å². The molecule has 0 aliphatic heterocycles. The van der Waals surface area contributed by atoms with E-state index in [1.807, 2.05) is 12.1 Å². The van der Waals surface area contributed by atoms with Crippen LogP contribution in [0.1, 0.15) is 19.8 Å². The fourth-order valence-electron chi connectivity index (χ4n) is 1.22. The zero-order valence-electron chi connectivity index (χ0n) is 9.49. The molecule has 0 spiro atoms. The first kappa shape index (κ1) is 12.3. The van der Waals surface area contributed by atoms with E-state index < -0.39 is 0 Å². The highest BCUT2D eigenvalue weighted by atomic mass is 16.1. The third kappa shape index (κ3) is 4.63. The van der Waals surface area contributed by atoms with Gasteiger partial charge in [0.25, 0.3) is 0 Å². The van der Waals surface area contributed by atoms with Crippen molar-refractivity contribution in [1.82, 2.24) is 4.98 Å². The maximum atomic E-state index is 10.6. The van der Waals surface area contributed by atoms with Crippen molar-refractivity contribution in [2.75, 3.05) is 23.7 Å². The number of carbonyl (C=O) groups is 1. The van der Waals surface area contributed by atoms with Crippen LogP contribution in [0.2, 0.25) is 0 Å². The summed E-state index contributed by atoms with van der Waals surface area (Å²) in [6.45, 7) is 3.55. The number of nitrogens with two attached hydrogens (primary N) is 1. The van der Waals surface area contributed by atoms with Crippen LogP contribution in [0, 0.1) is 0 Å². The number of carbonyl (C=O) groups excluding carboxylic acids is 1. The highest BCUT2D eigenvalue weighted by molar-refractivity contribution is 5.74. The minimum Gasteiger partial charge on any atom is -0.384 e. The SMILES string of the molecule is CCCNc1cc(NCCC(N)=O)ccn1. The maximum Gasteiger partial charge on any atom is 0.219 e. The summed E-state index contributed by atoms with van der Waals surface area (Å²) in [4.78, 5) is 14.7. The number of nitrogens with one attached hydrogen (secondary N) is 2. The summed E-state index contributed by atoms with van der Waals surface area (Å²) < 4.78 is 0. The summed E-state index contributed by atoms with van der Waals surface area (Å²) in [5, 5.41) is 6.30. The molecular formula is C11H18N4O. The van der Waals surface area contributed by atoms with Crippen LogP contribution in [0.3, 0.4) is 0 Å². The van der Waals surface area contributed by atoms with Crippen molar-refractivity contribution >= 4 is 17.4 Å². The Labute approximate surface area is 95.4 Å². The predicted octanol–water partition coefficient (Wildman–Crippen LogP) is 1.19. The van der Waals surface area contributed by atoms with E-state index >= 15 is 0 Å². The fourth-order valence-corrected chi connectivity index (χ4v) is 1.22. The van der Waals surface area contributed by atoms with E-state index in [1.54, 1.807) is 6.20 Å². The molecule has 0 atom stereocenters. The Hall–Kier alpha value is -1.78. The van der Waals surface area contributed by atoms with Gasteiger partial charge in [0.15, 0.2) is 0 Å². The lowest BCUT2D eigenvalue weighted by Gasteiger charge is -2.07.